The van der Waals surface area contributed by atoms with Crippen LogP contribution in [0.4, 0.5) is 0 Å². The molecule has 0 spiro atoms. The molecule has 2 aromatic carbocycles. The van der Waals surface area contributed by atoms with Crippen molar-refractivity contribution < 1.29 is 19.1 Å². The Balaban J connectivity index is 1.92. The van der Waals surface area contributed by atoms with Gasteiger partial charge in [0, 0.05) is 20.2 Å². The fourth-order valence-corrected chi connectivity index (χ4v) is 4.23. The average Bonchev–Trinajstić information content (AvgIpc) is 2.74. The second-order valence-corrected chi connectivity index (χ2v) is 9.65. The van der Waals surface area contributed by atoms with Crippen LogP contribution in [0.5, 0.6) is 0 Å². The predicted molar refractivity (Wildman–Crippen MR) is 124 cm³/mol. The Labute approximate surface area is 186 Å². The summed E-state index contributed by atoms with van der Waals surface area (Å²) in [6.07, 6.45) is 0.126. The molecule has 3 rings (SSSR count). The minimum atomic E-state index is -1.06. The van der Waals surface area contributed by atoms with Crippen LogP contribution in [0.25, 0.3) is 20.2 Å². The summed E-state index contributed by atoms with van der Waals surface area (Å²) in [4.78, 5) is 38.3. The molecule has 0 radical (unpaired) electrons. The molecule has 0 amide bonds. The predicted octanol–water partition coefficient (Wildman–Crippen LogP) is 4.97. The maximum Gasteiger partial charge on any atom is 0.320 e. The Bertz CT molecular complexity index is 1120. The first kappa shape index (κ1) is 22.9. The third-order valence-corrected chi connectivity index (χ3v) is 5.92. The van der Waals surface area contributed by atoms with Gasteiger partial charge in [0.2, 0.25) is 0 Å². The third kappa shape index (κ3) is 5.70. The molecule has 0 unspecified atom stereocenters. The molecule has 31 heavy (non-hydrogen) atoms. The zero-order valence-electron chi connectivity index (χ0n) is 18.3. The molecule has 0 aliphatic rings. The van der Waals surface area contributed by atoms with Crippen molar-refractivity contribution in [3.63, 3.8) is 0 Å². The second kappa shape index (κ2) is 10.1. The molecule has 0 atom stereocenters. The molecule has 3 aromatic rings. The molecule has 1 aromatic heterocycles. The molecule has 0 fully saturated rings. The SMILES string of the molecule is CC(C)COC(=O)C(Cc1ccc2sc3ccccc3c(=O)c2c1)C(=O)OCC(C)C. The van der Waals surface area contributed by atoms with Crippen LogP contribution in [0, 0.1) is 17.8 Å². The minimum absolute atomic E-state index is 0.0486. The molecule has 0 saturated carbocycles. The lowest BCUT2D eigenvalue weighted by Crippen LogP contribution is -2.31. The summed E-state index contributed by atoms with van der Waals surface area (Å²) in [5.41, 5.74) is 0.674. The van der Waals surface area contributed by atoms with Gasteiger partial charge in [-0.1, -0.05) is 45.9 Å². The number of hydrogen-bond acceptors (Lipinski definition) is 6. The van der Waals surface area contributed by atoms with Gasteiger partial charge in [-0.3, -0.25) is 14.4 Å². The van der Waals surface area contributed by atoms with E-state index < -0.39 is 17.9 Å². The lowest BCUT2D eigenvalue weighted by molar-refractivity contribution is -0.163. The maximum atomic E-state index is 13.0. The Hall–Kier alpha value is -2.73. The highest BCUT2D eigenvalue weighted by atomic mass is 32.1. The highest BCUT2D eigenvalue weighted by molar-refractivity contribution is 7.24. The molecule has 0 saturated heterocycles. The van der Waals surface area contributed by atoms with Gasteiger partial charge in [0.25, 0.3) is 0 Å². The number of benzene rings is 2. The van der Waals surface area contributed by atoms with Gasteiger partial charge < -0.3 is 9.47 Å². The van der Waals surface area contributed by atoms with Crippen LogP contribution in [-0.2, 0) is 25.5 Å². The highest BCUT2D eigenvalue weighted by Gasteiger charge is 2.30. The van der Waals surface area contributed by atoms with E-state index in [0.29, 0.717) is 10.8 Å². The minimum Gasteiger partial charge on any atom is -0.465 e. The van der Waals surface area contributed by atoms with E-state index in [2.05, 4.69) is 0 Å². The van der Waals surface area contributed by atoms with Crippen molar-refractivity contribution in [3.8, 4) is 0 Å². The summed E-state index contributed by atoms with van der Waals surface area (Å²) in [6.45, 7) is 8.22. The van der Waals surface area contributed by atoms with Crippen molar-refractivity contribution in [3.05, 3.63) is 58.3 Å². The van der Waals surface area contributed by atoms with Gasteiger partial charge in [0.1, 0.15) is 0 Å². The van der Waals surface area contributed by atoms with Crippen molar-refractivity contribution in [1.82, 2.24) is 0 Å². The molecule has 5 nitrogen and oxygen atoms in total. The normalized spacial score (nSPS) is 11.6. The zero-order chi connectivity index (χ0) is 22.5. The first-order chi connectivity index (χ1) is 14.8. The van der Waals surface area contributed by atoms with Crippen LogP contribution in [-0.4, -0.2) is 25.2 Å². The van der Waals surface area contributed by atoms with Crippen LogP contribution in [0.1, 0.15) is 33.3 Å². The Kier molecular flexibility index (Phi) is 7.44. The Morgan fingerprint density at radius 3 is 2.03 bits per heavy atom. The first-order valence-electron chi connectivity index (χ1n) is 10.5. The summed E-state index contributed by atoms with van der Waals surface area (Å²) in [7, 11) is 0. The number of carbonyl (C=O) groups is 2. The van der Waals surface area contributed by atoms with Gasteiger partial charge in [-0.25, -0.2) is 0 Å². The van der Waals surface area contributed by atoms with Crippen molar-refractivity contribution in [1.29, 1.82) is 0 Å². The van der Waals surface area contributed by atoms with Crippen molar-refractivity contribution >= 4 is 43.4 Å². The Morgan fingerprint density at radius 1 is 0.839 bits per heavy atom. The smallest absolute Gasteiger partial charge is 0.320 e. The second-order valence-electron chi connectivity index (χ2n) is 8.56. The lowest BCUT2D eigenvalue weighted by atomic mass is 9.98. The summed E-state index contributed by atoms with van der Waals surface area (Å²) in [6, 6.07) is 13.0. The standard InChI is InChI=1S/C25H28O5S/c1-15(2)13-29-24(27)20(25(28)30-14-16(3)4)12-17-9-10-22-19(11-17)23(26)18-7-5-6-8-21(18)31-22/h5-11,15-16,20H,12-14H2,1-4H3. The largest absolute Gasteiger partial charge is 0.465 e. The number of fused-ring (bicyclic) bond motifs is 2. The highest BCUT2D eigenvalue weighted by Crippen LogP contribution is 2.26. The van der Waals surface area contributed by atoms with E-state index >= 15 is 0 Å². The van der Waals surface area contributed by atoms with E-state index in [-0.39, 0.29) is 36.9 Å². The summed E-state index contributed by atoms with van der Waals surface area (Å²) in [5.74, 6) is -1.92. The van der Waals surface area contributed by atoms with E-state index in [9.17, 15) is 14.4 Å². The van der Waals surface area contributed by atoms with Gasteiger partial charge >= 0.3 is 11.9 Å². The molecule has 0 bridgehead atoms. The number of hydrogen-bond donors (Lipinski definition) is 0. The van der Waals surface area contributed by atoms with E-state index in [1.54, 1.807) is 17.4 Å². The molecule has 0 N–H and O–H groups in total. The summed E-state index contributed by atoms with van der Waals surface area (Å²) in [5, 5.41) is 1.26. The number of rotatable bonds is 8. The summed E-state index contributed by atoms with van der Waals surface area (Å²) >= 11 is 1.54. The molecular weight excluding hydrogens is 412 g/mol. The maximum absolute atomic E-state index is 13.0. The molecule has 6 heteroatoms. The first-order valence-corrected chi connectivity index (χ1v) is 11.4. The van der Waals surface area contributed by atoms with E-state index in [1.807, 2.05) is 64.1 Å². The van der Waals surface area contributed by atoms with Crippen LogP contribution < -0.4 is 5.43 Å². The van der Waals surface area contributed by atoms with Crippen LogP contribution in [0.15, 0.2) is 47.3 Å². The fraction of sp³-hybridized carbons (Fsp3) is 0.400. The number of carbonyl (C=O) groups excluding carboxylic acids is 2. The van der Waals surface area contributed by atoms with Gasteiger partial charge in [-0.2, -0.15) is 0 Å². The number of esters is 2. The quantitative estimate of drug-likeness (QED) is 0.281. The van der Waals surface area contributed by atoms with Crippen molar-refractivity contribution in [2.24, 2.45) is 17.8 Å². The van der Waals surface area contributed by atoms with Gasteiger partial charge in [-0.05, 0) is 48.1 Å². The molecule has 0 aliphatic heterocycles. The van der Waals surface area contributed by atoms with Gasteiger partial charge in [-0.15, -0.1) is 11.3 Å². The molecule has 0 aliphatic carbocycles. The lowest BCUT2D eigenvalue weighted by Gasteiger charge is -2.17. The van der Waals surface area contributed by atoms with Crippen LogP contribution in [0.2, 0.25) is 0 Å². The molecule has 164 valence electrons. The van der Waals surface area contributed by atoms with Crippen LogP contribution in [0.3, 0.4) is 0 Å². The van der Waals surface area contributed by atoms with Gasteiger partial charge in [0.15, 0.2) is 11.3 Å². The van der Waals surface area contributed by atoms with E-state index in [1.165, 1.54) is 0 Å². The fourth-order valence-electron chi connectivity index (χ4n) is 3.17. The molecule has 1 heterocycles. The van der Waals surface area contributed by atoms with E-state index in [0.717, 1.165) is 15.0 Å². The van der Waals surface area contributed by atoms with Gasteiger partial charge in [0.05, 0.1) is 13.2 Å². The number of ether oxygens (including phenoxy) is 2. The van der Waals surface area contributed by atoms with Crippen LogP contribution >= 0.6 is 11.3 Å². The zero-order valence-corrected chi connectivity index (χ0v) is 19.2. The van der Waals surface area contributed by atoms with Crippen molar-refractivity contribution in [2.75, 3.05) is 13.2 Å². The molecular formula is C25H28O5S. The average molecular weight is 441 g/mol. The summed E-state index contributed by atoms with van der Waals surface area (Å²) < 4.78 is 12.5. The monoisotopic (exact) mass is 440 g/mol. The topological polar surface area (TPSA) is 69.7 Å². The van der Waals surface area contributed by atoms with E-state index in [4.69, 9.17) is 9.47 Å². The third-order valence-electron chi connectivity index (χ3n) is 4.77. The van der Waals surface area contributed by atoms with Crippen molar-refractivity contribution in [2.45, 2.75) is 34.1 Å². The Morgan fingerprint density at radius 2 is 1.42 bits per heavy atom.